The fourth-order valence-electron chi connectivity index (χ4n) is 2.06. The van der Waals surface area contributed by atoms with Crippen LogP contribution in [0.3, 0.4) is 0 Å². The van der Waals surface area contributed by atoms with Gasteiger partial charge in [-0.3, -0.25) is 4.79 Å². The summed E-state index contributed by atoms with van der Waals surface area (Å²) in [5.74, 6) is -3.39. The second kappa shape index (κ2) is 5.14. The zero-order chi connectivity index (χ0) is 15.1. The number of aromatic nitrogens is 2. The minimum absolute atomic E-state index is 0.0228. The minimum atomic E-state index is -0.964. The van der Waals surface area contributed by atoms with Crippen molar-refractivity contribution in [2.45, 2.75) is 0 Å². The highest BCUT2D eigenvalue weighted by Crippen LogP contribution is 2.27. The molecular weight excluding hydrogens is 396 g/mol. The highest BCUT2D eigenvalue weighted by molar-refractivity contribution is 14.1. The van der Waals surface area contributed by atoms with Crippen molar-refractivity contribution in [1.82, 2.24) is 9.97 Å². The van der Waals surface area contributed by atoms with Gasteiger partial charge in [0.1, 0.15) is 17.3 Å². The van der Waals surface area contributed by atoms with Crippen LogP contribution >= 0.6 is 22.6 Å². The van der Waals surface area contributed by atoms with Crippen LogP contribution < -0.4 is 0 Å². The third kappa shape index (κ3) is 2.21. The average molecular weight is 402 g/mol. The van der Waals surface area contributed by atoms with Crippen molar-refractivity contribution in [3.8, 4) is 0 Å². The van der Waals surface area contributed by atoms with Gasteiger partial charge in [0.2, 0.25) is 5.78 Å². The molecule has 0 radical (unpaired) electrons. The van der Waals surface area contributed by atoms with Gasteiger partial charge in [-0.2, -0.15) is 0 Å². The van der Waals surface area contributed by atoms with Gasteiger partial charge in [-0.15, -0.1) is 0 Å². The molecule has 2 aromatic heterocycles. The number of carbonyl (C=O) groups excluding carboxylic acids is 1. The predicted octanol–water partition coefficient (Wildman–Crippen LogP) is 3.82. The largest absolute Gasteiger partial charge is 0.345 e. The molecule has 0 unspecified atom stereocenters. The first-order chi connectivity index (χ1) is 10.0. The first-order valence-corrected chi connectivity index (χ1v) is 6.88. The standard InChI is InChI=1S/C14H6F3IN2O/c15-7-2-1-3-8(16)11(7)13(21)6-4-19-14-10(6)12(18)9(17)5-20-14/h1-5H,(H,19,20). The van der Waals surface area contributed by atoms with E-state index in [1.54, 1.807) is 22.6 Å². The molecule has 0 fully saturated rings. The normalized spacial score (nSPS) is 11.0. The zero-order valence-electron chi connectivity index (χ0n) is 10.3. The quantitative estimate of drug-likeness (QED) is 0.524. The monoisotopic (exact) mass is 402 g/mol. The molecule has 0 aliphatic rings. The van der Waals surface area contributed by atoms with Gasteiger partial charge in [0.05, 0.1) is 20.9 Å². The number of ketones is 1. The maximum atomic E-state index is 13.7. The molecule has 3 aromatic rings. The Labute approximate surface area is 130 Å². The van der Waals surface area contributed by atoms with Crippen LogP contribution in [0.2, 0.25) is 0 Å². The van der Waals surface area contributed by atoms with E-state index in [9.17, 15) is 18.0 Å². The van der Waals surface area contributed by atoms with Crippen LogP contribution in [0.4, 0.5) is 13.2 Å². The number of benzene rings is 1. The molecule has 0 saturated carbocycles. The number of halogens is 4. The number of fused-ring (bicyclic) bond motifs is 1. The summed E-state index contributed by atoms with van der Waals surface area (Å²) in [6.45, 7) is 0. The summed E-state index contributed by atoms with van der Waals surface area (Å²) in [6, 6.07) is 3.16. The maximum absolute atomic E-state index is 13.7. The smallest absolute Gasteiger partial charge is 0.201 e. The van der Waals surface area contributed by atoms with Crippen molar-refractivity contribution >= 4 is 39.4 Å². The van der Waals surface area contributed by atoms with Crippen LogP contribution in [0.25, 0.3) is 11.0 Å². The molecule has 1 aromatic carbocycles. The van der Waals surface area contributed by atoms with Crippen LogP contribution in [0.5, 0.6) is 0 Å². The van der Waals surface area contributed by atoms with E-state index in [0.29, 0.717) is 0 Å². The highest BCUT2D eigenvalue weighted by Gasteiger charge is 2.23. The molecule has 1 N–H and O–H groups in total. The van der Waals surface area contributed by atoms with Crippen LogP contribution in [0, 0.1) is 21.0 Å². The minimum Gasteiger partial charge on any atom is -0.345 e. The molecule has 0 amide bonds. The molecular formula is C14H6F3IN2O. The van der Waals surface area contributed by atoms with E-state index < -0.39 is 28.8 Å². The van der Waals surface area contributed by atoms with E-state index in [2.05, 4.69) is 9.97 Å². The van der Waals surface area contributed by atoms with E-state index in [-0.39, 0.29) is 20.2 Å². The van der Waals surface area contributed by atoms with Crippen molar-refractivity contribution in [2.75, 3.05) is 0 Å². The van der Waals surface area contributed by atoms with Gasteiger partial charge in [0.15, 0.2) is 5.82 Å². The van der Waals surface area contributed by atoms with Gasteiger partial charge in [-0.05, 0) is 34.7 Å². The summed E-state index contributed by atoms with van der Waals surface area (Å²) < 4.78 is 41.2. The lowest BCUT2D eigenvalue weighted by atomic mass is 10.0. The van der Waals surface area contributed by atoms with Crippen molar-refractivity contribution in [2.24, 2.45) is 0 Å². The van der Waals surface area contributed by atoms with Gasteiger partial charge in [0, 0.05) is 11.6 Å². The van der Waals surface area contributed by atoms with Gasteiger partial charge in [-0.25, -0.2) is 18.2 Å². The van der Waals surface area contributed by atoms with Gasteiger partial charge >= 0.3 is 0 Å². The molecule has 3 rings (SSSR count). The Hall–Kier alpha value is -1.90. The number of H-pyrrole nitrogens is 1. The van der Waals surface area contributed by atoms with Crippen molar-refractivity contribution < 1.29 is 18.0 Å². The SMILES string of the molecule is O=C(c1c(F)cccc1F)c1c[nH]c2ncc(F)c(I)c12. The Bertz CT molecular complexity index is 856. The number of rotatable bonds is 2. The molecule has 2 heterocycles. The predicted molar refractivity (Wildman–Crippen MR) is 78.6 cm³/mol. The Balaban J connectivity index is 2.26. The molecule has 106 valence electrons. The fourth-order valence-corrected chi connectivity index (χ4v) is 2.75. The van der Waals surface area contributed by atoms with Crippen molar-refractivity contribution in [3.63, 3.8) is 0 Å². The molecule has 21 heavy (non-hydrogen) atoms. The molecule has 0 aliphatic carbocycles. The van der Waals surface area contributed by atoms with E-state index in [1.165, 1.54) is 12.3 Å². The number of hydrogen-bond acceptors (Lipinski definition) is 2. The Kier molecular flexibility index (Phi) is 3.44. The number of carbonyl (C=O) groups is 1. The molecule has 0 bridgehead atoms. The van der Waals surface area contributed by atoms with E-state index in [4.69, 9.17) is 0 Å². The van der Waals surface area contributed by atoms with Crippen LogP contribution in [0.1, 0.15) is 15.9 Å². The summed E-state index contributed by atoms with van der Waals surface area (Å²) in [5, 5.41) is 0.211. The van der Waals surface area contributed by atoms with Crippen LogP contribution in [0.15, 0.2) is 30.6 Å². The Morgan fingerprint density at radius 2 is 1.81 bits per heavy atom. The van der Waals surface area contributed by atoms with E-state index >= 15 is 0 Å². The summed E-state index contributed by atoms with van der Waals surface area (Å²) >= 11 is 1.72. The average Bonchev–Trinajstić information content (AvgIpc) is 2.87. The number of aromatic amines is 1. The van der Waals surface area contributed by atoms with Gasteiger partial charge < -0.3 is 4.98 Å². The topological polar surface area (TPSA) is 45.8 Å². The summed E-state index contributed by atoms with van der Waals surface area (Å²) in [7, 11) is 0. The highest BCUT2D eigenvalue weighted by atomic mass is 127. The second-order valence-electron chi connectivity index (χ2n) is 4.27. The summed E-state index contributed by atoms with van der Waals surface area (Å²) in [5.41, 5.74) is -0.412. The lowest BCUT2D eigenvalue weighted by molar-refractivity contribution is 0.103. The van der Waals surface area contributed by atoms with Crippen molar-refractivity contribution in [3.05, 3.63) is 62.7 Å². The summed E-state index contributed by atoms with van der Waals surface area (Å²) in [4.78, 5) is 18.9. The zero-order valence-corrected chi connectivity index (χ0v) is 12.4. The van der Waals surface area contributed by atoms with Crippen molar-refractivity contribution in [1.29, 1.82) is 0 Å². The third-order valence-electron chi connectivity index (χ3n) is 3.03. The van der Waals surface area contributed by atoms with E-state index in [0.717, 1.165) is 18.3 Å². The third-order valence-corrected chi connectivity index (χ3v) is 4.08. The number of pyridine rings is 1. The first-order valence-electron chi connectivity index (χ1n) is 5.80. The lowest BCUT2D eigenvalue weighted by Crippen LogP contribution is -2.07. The van der Waals surface area contributed by atoms with Gasteiger partial charge in [0.25, 0.3) is 0 Å². The van der Waals surface area contributed by atoms with Crippen LogP contribution in [-0.4, -0.2) is 15.8 Å². The molecule has 0 spiro atoms. The fraction of sp³-hybridized carbons (Fsp3) is 0. The van der Waals surface area contributed by atoms with Crippen LogP contribution in [-0.2, 0) is 0 Å². The summed E-state index contributed by atoms with van der Waals surface area (Å²) in [6.07, 6.45) is 2.28. The number of hydrogen-bond donors (Lipinski definition) is 1. The number of nitrogens with one attached hydrogen (secondary N) is 1. The molecule has 0 saturated heterocycles. The van der Waals surface area contributed by atoms with E-state index in [1.807, 2.05) is 0 Å². The second-order valence-corrected chi connectivity index (χ2v) is 5.35. The molecule has 0 atom stereocenters. The first kappa shape index (κ1) is 14.1. The Morgan fingerprint density at radius 3 is 2.48 bits per heavy atom. The maximum Gasteiger partial charge on any atom is 0.201 e. The molecule has 7 heteroatoms. The molecule has 0 aliphatic heterocycles. The Morgan fingerprint density at radius 1 is 1.14 bits per heavy atom. The van der Waals surface area contributed by atoms with Gasteiger partial charge in [-0.1, -0.05) is 6.07 Å². The molecule has 3 nitrogen and oxygen atoms in total. The number of nitrogens with zero attached hydrogens (tertiary/aromatic N) is 1. The lowest BCUT2D eigenvalue weighted by Gasteiger charge is -2.04.